The van der Waals surface area contributed by atoms with Gasteiger partial charge in [0.2, 0.25) is 5.91 Å². The van der Waals surface area contributed by atoms with Crippen LogP contribution in [-0.2, 0) is 18.4 Å². The zero-order valence-electron chi connectivity index (χ0n) is 13.8. The Morgan fingerprint density at radius 2 is 2.16 bits per heavy atom. The summed E-state index contributed by atoms with van der Waals surface area (Å²) < 4.78 is 2.90. The van der Waals surface area contributed by atoms with Gasteiger partial charge in [-0.05, 0) is 24.3 Å². The van der Waals surface area contributed by atoms with Crippen LogP contribution in [0.2, 0.25) is 0 Å². The van der Waals surface area contributed by atoms with Crippen LogP contribution >= 0.6 is 11.8 Å². The monoisotopic (exact) mass is 355 g/mol. The zero-order chi connectivity index (χ0) is 17.4. The molecule has 0 fully saturated rings. The molecule has 2 aromatic heterocycles. The minimum atomic E-state index is -0.246. The fraction of sp³-hybridized carbons (Fsp3) is 0.294. The van der Waals surface area contributed by atoms with Gasteiger partial charge in [-0.25, -0.2) is 4.98 Å². The van der Waals surface area contributed by atoms with Crippen LogP contribution in [0.1, 0.15) is 6.42 Å². The molecule has 0 saturated heterocycles. The van der Waals surface area contributed by atoms with Crippen molar-refractivity contribution in [3.05, 3.63) is 47.1 Å². The number of para-hydroxylation sites is 1. The van der Waals surface area contributed by atoms with Gasteiger partial charge in [0.15, 0.2) is 5.65 Å². The average molecular weight is 355 g/mol. The number of anilines is 1. The van der Waals surface area contributed by atoms with Crippen molar-refractivity contribution in [2.45, 2.75) is 17.9 Å². The van der Waals surface area contributed by atoms with E-state index >= 15 is 0 Å². The Morgan fingerprint density at radius 3 is 3.04 bits per heavy atom. The second kappa shape index (κ2) is 6.36. The van der Waals surface area contributed by atoms with E-state index in [1.54, 1.807) is 28.4 Å². The number of benzene rings is 1. The summed E-state index contributed by atoms with van der Waals surface area (Å²) in [6.45, 7) is 0.621. The van der Waals surface area contributed by atoms with E-state index < -0.39 is 0 Å². The van der Waals surface area contributed by atoms with E-state index in [9.17, 15) is 9.59 Å². The lowest BCUT2D eigenvalue weighted by molar-refractivity contribution is -0.119. The molecule has 1 aromatic carbocycles. The van der Waals surface area contributed by atoms with Gasteiger partial charge in [0.1, 0.15) is 18.3 Å². The molecule has 0 aliphatic carbocycles. The number of rotatable bonds is 2. The van der Waals surface area contributed by atoms with Crippen LogP contribution < -0.4 is 10.5 Å². The average Bonchev–Trinajstić information content (AvgIpc) is 2.87. The predicted molar refractivity (Wildman–Crippen MR) is 96.9 cm³/mol. The smallest absolute Gasteiger partial charge is 0.264 e. The molecule has 3 aromatic rings. The SMILES string of the molecule is Cn1ncc2c(=O)n(CC(=O)N3CCCSc4ccccc43)cnc21. The standard InChI is InChI=1S/C17H17N5O2S/c1-20-16-12(9-19-20)17(24)21(11-18-16)10-15(23)22-7-4-8-25-14-6-3-2-5-13(14)22/h2-3,5-6,9,11H,4,7-8,10H2,1H3. The summed E-state index contributed by atoms with van der Waals surface area (Å²) in [5.41, 5.74) is 1.19. The van der Waals surface area contributed by atoms with Crippen molar-refractivity contribution in [1.82, 2.24) is 19.3 Å². The van der Waals surface area contributed by atoms with Crippen molar-refractivity contribution in [3.63, 3.8) is 0 Å². The van der Waals surface area contributed by atoms with E-state index in [0.29, 0.717) is 17.6 Å². The number of hydrogen-bond donors (Lipinski definition) is 0. The molecular weight excluding hydrogens is 338 g/mol. The Balaban J connectivity index is 1.66. The quantitative estimate of drug-likeness (QED) is 0.699. The first-order valence-corrected chi connectivity index (χ1v) is 9.03. The molecule has 0 spiro atoms. The fourth-order valence-corrected chi connectivity index (χ4v) is 3.99. The van der Waals surface area contributed by atoms with Gasteiger partial charge >= 0.3 is 0 Å². The minimum Gasteiger partial charge on any atom is -0.310 e. The predicted octanol–water partition coefficient (Wildman–Crippen LogP) is 1.66. The summed E-state index contributed by atoms with van der Waals surface area (Å²) in [6.07, 6.45) is 3.83. The summed E-state index contributed by atoms with van der Waals surface area (Å²) in [5, 5.41) is 4.47. The van der Waals surface area contributed by atoms with Gasteiger partial charge in [-0.15, -0.1) is 11.8 Å². The molecule has 8 heteroatoms. The summed E-state index contributed by atoms with van der Waals surface area (Å²) in [6, 6.07) is 7.89. The molecule has 0 N–H and O–H groups in total. The van der Waals surface area contributed by atoms with Crippen molar-refractivity contribution in [3.8, 4) is 0 Å². The number of aromatic nitrogens is 4. The van der Waals surface area contributed by atoms with Gasteiger partial charge in [0, 0.05) is 18.5 Å². The highest BCUT2D eigenvalue weighted by Gasteiger charge is 2.22. The second-order valence-corrected chi connectivity index (χ2v) is 7.03. The number of thioether (sulfide) groups is 1. The molecule has 0 saturated carbocycles. The molecule has 4 rings (SSSR count). The lowest BCUT2D eigenvalue weighted by atomic mass is 10.2. The van der Waals surface area contributed by atoms with E-state index in [1.165, 1.54) is 17.1 Å². The Hall–Kier alpha value is -2.61. The number of fused-ring (bicyclic) bond motifs is 2. The first kappa shape index (κ1) is 15.9. The van der Waals surface area contributed by atoms with Gasteiger partial charge in [-0.1, -0.05) is 12.1 Å². The lowest BCUT2D eigenvalue weighted by Gasteiger charge is -2.22. The van der Waals surface area contributed by atoms with Gasteiger partial charge < -0.3 is 4.90 Å². The molecule has 0 unspecified atom stereocenters. The fourth-order valence-electron chi connectivity index (χ4n) is 3.00. The van der Waals surface area contributed by atoms with Gasteiger partial charge in [0.05, 0.1) is 11.9 Å². The van der Waals surface area contributed by atoms with E-state index in [4.69, 9.17) is 0 Å². The molecule has 25 heavy (non-hydrogen) atoms. The van der Waals surface area contributed by atoms with Crippen molar-refractivity contribution in [2.24, 2.45) is 7.05 Å². The first-order chi connectivity index (χ1) is 12.1. The number of aryl methyl sites for hydroxylation is 1. The topological polar surface area (TPSA) is 73.0 Å². The molecule has 7 nitrogen and oxygen atoms in total. The minimum absolute atomic E-state index is 0.0321. The number of amides is 1. The molecule has 0 radical (unpaired) electrons. The van der Waals surface area contributed by atoms with E-state index in [1.807, 2.05) is 24.3 Å². The van der Waals surface area contributed by atoms with Crippen molar-refractivity contribution in [1.29, 1.82) is 0 Å². The van der Waals surface area contributed by atoms with Gasteiger partial charge in [-0.3, -0.25) is 18.8 Å². The van der Waals surface area contributed by atoms with E-state index in [0.717, 1.165) is 22.8 Å². The highest BCUT2D eigenvalue weighted by molar-refractivity contribution is 7.99. The van der Waals surface area contributed by atoms with E-state index in [-0.39, 0.29) is 18.0 Å². The number of hydrogen-bond acceptors (Lipinski definition) is 5. The summed E-state index contributed by atoms with van der Waals surface area (Å²) in [7, 11) is 1.73. The number of nitrogens with zero attached hydrogens (tertiary/aromatic N) is 5. The Morgan fingerprint density at radius 1 is 1.32 bits per heavy atom. The Labute approximate surface area is 148 Å². The van der Waals surface area contributed by atoms with Crippen LogP contribution in [0, 0.1) is 0 Å². The van der Waals surface area contributed by atoms with Gasteiger partial charge in [0.25, 0.3) is 5.56 Å². The van der Waals surface area contributed by atoms with Crippen LogP contribution in [0.5, 0.6) is 0 Å². The lowest BCUT2D eigenvalue weighted by Crippen LogP contribution is -2.37. The van der Waals surface area contributed by atoms with Crippen LogP contribution in [0.4, 0.5) is 5.69 Å². The largest absolute Gasteiger partial charge is 0.310 e. The summed E-state index contributed by atoms with van der Waals surface area (Å²) in [4.78, 5) is 32.6. The maximum atomic E-state index is 12.9. The zero-order valence-corrected chi connectivity index (χ0v) is 14.6. The highest BCUT2D eigenvalue weighted by atomic mass is 32.2. The first-order valence-electron chi connectivity index (χ1n) is 8.04. The number of carbonyl (C=O) groups is 1. The van der Waals surface area contributed by atoms with Crippen molar-refractivity contribution in [2.75, 3.05) is 17.2 Å². The Kier molecular flexibility index (Phi) is 4.04. The van der Waals surface area contributed by atoms with Gasteiger partial charge in [-0.2, -0.15) is 5.10 Å². The molecule has 128 valence electrons. The summed E-state index contributed by atoms with van der Waals surface area (Å²) >= 11 is 1.76. The molecule has 1 amide bonds. The van der Waals surface area contributed by atoms with Crippen molar-refractivity contribution >= 4 is 34.4 Å². The number of carbonyl (C=O) groups excluding carboxylic acids is 1. The molecule has 1 aliphatic rings. The van der Waals surface area contributed by atoms with E-state index in [2.05, 4.69) is 10.1 Å². The van der Waals surface area contributed by atoms with Crippen LogP contribution in [0.15, 0.2) is 46.5 Å². The normalized spacial score (nSPS) is 14.4. The second-order valence-electron chi connectivity index (χ2n) is 5.90. The van der Waals surface area contributed by atoms with Crippen LogP contribution in [-0.4, -0.2) is 37.5 Å². The molecule has 3 heterocycles. The maximum Gasteiger partial charge on any atom is 0.264 e. The van der Waals surface area contributed by atoms with Crippen LogP contribution in [0.25, 0.3) is 11.0 Å². The van der Waals surface area contributed by atoms with Crippen molar-refractivity contribution < 1.29 is 4.79 Å². The summed E-state index contributed by atoms with van der Waals surface area (Å²) in [5.74, 6) is 0.867. The molecule has 0 atom stereocenters. The molecule has 1 aliphatic heterocycles. The molecule has 0 bridgehead atoms. The molecular formula is C17H17N5O2S. The van der Waals surface area contributed by atoms with Crippen LogP contribution in [0.3, 0.4) is 0 Å². The maximum absolute atomic E-state index is 12.9. The Bertz CT molecular complexity index is 1010. The highest BCUT2D eigenvalue weighted by Crippen LogP contribution is 2.33. The third kappa shape index (κ3) is 2.82. The third-order valence-electron chi connectivity index (χ3n) is 4.26. The third-order valence-corrected chi connectivity index (χ3v) is 5.41.